The molecule has 0 spiro atoms. The van der Waals surface area contributed by atoms with Crippen molar-refractivity contribution in [3.8, 4) is 0 Å². The summed E-state index contributed by atoms with van der Waals surface area (Å²) in [6.45, 7) is 0.408. The number of carboxylic acids is 1. The molecule has 0 aliphatic rings. The first-order valence-corrected chi connectivity index (χ1v) is 6.88. The quantitative estimate of drug-likeness (QED) is 0.780. The normalized spacial score (nSPS) is 10.4. The first-order valence-electron chi connectivity index (χ1n) is 6.00. The molecule has 0 atom stereocenters. The van der Waals surface area contributed by atoms with Crippen LogP contribution in [-0.2, 0) is 6.42 Å². The van der Waals surface area contributed by atoms with E-state index in [4.69, 9.17) is 10.8 Å². The van der Waals surface area contributed by atoms with Crippen molar-refractivity contribution in [1.82, 2.24) is 4.98 Å². The van der Waals surface area contributed by atoms with E-state index >= 15 is 0 Å². The Morgan fingerprint density at radius 1 is 1.43 bits per heavy atom. The second kappa shape index (κ2) is 6.42. The highest BCUT2D eigenvalue weighted by atomic mass is 32.1. The molecule has 110 valence electrons. The molecular weight excluding hydrogens is 297 g/mol. The maximum atomic E-state index is 13.7. The van der Waals surface area contributed by atoms with Gasteiger partial charge in [0.25, 0.3) is 5.91 Å². The van der Waals surface area contributed by atoms with Crippen molar-refractivity contribution < 1.29 is 19.1 Å². The van der Waals surface area contributed by atoms with Gasteiger partial charge in [-0.2, -0.15) is 0 Å². The van der Waals surface area contributed by atoms with Crippen molar-refractivity contribution in [1.29, 1.82) is 0 Å². The number of nitrogens with one attached hydrogen (secondary N) is 1. The number of amides is 1. The van der Waals surface area contributed by atoms with Crippen LogP contribution in [0.15, 0.2) is 23.6 Å². The number of carboxylic acid groups (broad SMARTS) is 1. The lowest BCUT2D eigenvalue weighted by Crippen LogP contribution is -2.16. The van der Waals surface area contributed by atoms with E-state index in [9.17, 15) is 14.0 Å². The monoisotopic (exact) mass is 309 g/mol. The van der Waals surface area contributed by atoms with Crippen LogP contribution in [0.5, 0.6) is 0 Å². The number of hydrogen-bond donors (Lipinski definition) is 3. The Morgan fingerprint density at radius 2 is 2.19 bits per heavy atom. The Morgan fingerprint density at radius 3 is 2.86 bits per heavy atom. The zero-order chi connectivity index (χ0) is 15.4. The van der Waals surface area contributed by atoms with Gasteiger partial charge in [0.15, 0.2) is 0 Å². The van der Waals surface area contributed by atoms with Crippen LogP contribution in [-0.4, -0.2) is 28.5 Å². The zero-order valence-corrected chi connectivity index (χ0v) is 11.6. The highest BCUT2D eigenvalue weighted by Gasteiger charge is 2.18. The van der Waals surface area contributed by atoms with E-state index in [0.717, 1.165) is 6.07 Å². The van der Waals surface area contributed by atoms with E-state index < -0.39 is 17.7 Å². The highest BCUT2D eigenvalue weighted by molar-refractivity contribution is 7.09. The smallest absolute Gasteiger partial charge is 0.337 e. The fourth-order valence-corrected chi connectivity index (χ4v) is 2.45. The van der Waals surface area contributed by atoms with Crippen LogP contribution in [0.25, 0.3) is 0 Å². The van der Waals surface area contributed by atoms with Crippen molar-refractivity contribution in [2.75, 3.05) is 11.9 Å². The van der Waals surface area contributed by atoms with Crippen LogP contribution < -0.4 is 11.1 Å². The average Bonchev–Trinajstić information content (AvgIpc) is 2.90. The standard InChI is InChI=1S/C13H12FN3O3S/c14-8-3-1-2-7(13(19)20)11(8)17-12(18)9-6-21-10(16-9)4-5-15/h1-3,6H,4-5,15H2,(H,17,18)(H,19,20). The number of hydrogen-bond acceptors (Lipinski definition) is 5. The maximum Gasteiger partial charge on any atom is 0.337 e. The molecule has 1 aromatic carbocycles. The minimum absolute atomic E-state index is 0.100. The third-order valence-electron chi connectivity index (χ3n) is 2.63. The second-order valence-corrected chi connectivity index (χ2v) is 5.03. The van der Waals surface area contributed by atoms with Crippen LogP contribution in [0.1, 0.15) is 25.9 Å². The number of thiazole rings is 1. The molecule has 6 nitrogen and oxygen atoms in total. The molecule has 2 rings (SSSR count). The van der Waals surface area contributed by atoms with Crippen molar-refractivity contribution in [3.63, 3.8) is 0 Å². The SMILES string of the molecule is NCCc1nc(C(=O)Nc2c(F)cccc2C(=O)O)cs1. The fraction of sp³-hybridized carbons (Fsp3) is 0.154. The van der Waals surface area contributed by atoms with Crippen LogP contribution >= 0.6 is 11.3 Å². The summed E-state index contributed by atoms with van der Waals surface area (Å²) >= 11 is 1.27. The molecule has 1 amide bonds. The van der Waals surface area contributed by atoms with Gasteiger partial charge >= 0.3 is 5.97 Å². The van der Waals surface area contributed by atoms with Gasteiger partial charge in [0.05, 0.1) is 16.3 Å². The number of nitrogens with two attached hydrogens (primary N) is 1. The molecule has 21 heavy (non-hydrogen) atoms. The van der Waals surface area contributed by atoms with Gasteiger partial charge in [-0.15, -0.1) is 11.3 Å². The van der Waals surface area contributed by atoms with E-state index in [0.29, 0.717) is 18.0 Å². The predicted octanol–water partition coefficient (Wildman–Crippen LogP) is 1.73. The van der Waals surface area contributed by atoms with Gasteiger partial charge in [-0.25, -0.2) is 14.2 Å². The third-order valence-corrected chi connectivity index (χ3v) is 3.53. The number of nitrogens with zero attached hydrogens (tertiary/aromatic N) is 1. The Balaban J connectivity index is 2.25. The van der Waals surface area contributed by atoms with E-state index in [1.165, 1.54) is 28.8 Å². The maximum absolute atomic E-state index is 13.7. The summed E-state index contributed by atoms with van der Waals surface area (Å²) in [7, 11) is 0. The predicted molar refractivity (Wildman–Crippen MR) is 76.2 cm³/mol. The van der Waals surface area contributed by atoms with Crippen molar-refractivity contribution in [2.45, 2.75) is 6.42 Å². The van der Waals surface area contributed by atoms with Gasteiger partial charge in [-0.05, 0) is 18.7 Å². The highest BCUT2D eigenvalue weighted by Crippen LogP contribution is 2.21. The molecule has 4 N–H and O–H groups in total. The molecule has 2 aromatic rings. The van der Waals surface area contributed by atoms with Crippen molar-refractivity contribution in [3.05, 3.63) is 45.7 Å². The Labute approximate surface area is 123 Å². The lowest BCUT2D eigenvalue weighted by Gasteiger charge is -2.08. The van der Waals surface area contributed by atoms with Gasteiger partial charge < -0.3 is 16.2 Å². The number of rotatable bonds is 5. The van der Waals surface area contributed by atoms with Crippen LogP contribution in [0.2, 0.25) is 0 Å². The van der Waals surface area contributed by atoms with E-state index in [1.54, 1.807) is 0 Å². The van der Waals surface area contributed by atoms with Gasteiger partial charge in [0, 0.05) is 11.8 Å². The molecule has 0 saturated carbocycles. The first-order chi connectivity index (χ1) is 10.0. The number of anilines is 1. The molecule has 8 heteroatoms. The number of carbonyl (C=O) groups is 2. The zero-order valence-electron chi connectivity index (χ0n) is 10.8. The number of halogens is 1. The van der Waals surface area contributed by atoms with Crippen molar-refractivity contribution in [2.24, 2.45) is 5.73 Å². The summed E-state index contributed by atoms with van der Waals surface area (Å²) in [5.74, 6) is -2.81. The summed E-state index contributed by atoms with van der Waals surface area (Å²) < 4.78 is 13.7. The number of para-hydroxylation sites is 1. The largest absolute Gasteiger partial charge is 0.478 e. The molecule has 0 unspecified atom stereocenters. The van der Waals surface area contributed by atoms with Gasteiger partial charge in [0.1, 0.15) is 11.5 Å². The second-order valence-electron chi connectivity index (χ2n) is 4.09. The molecule has 0 radical (unpaired) electrons. The number of benzene rings is 1. The van der Waals surface area contributed by atoms with E-state index in [2.05, 4.69) is 10.3 Å². The number of aromatic nitrogens is 1. The topological polar surface area (TPSA) is 105 Å². The summed E-state index contributed by atoms with van der Waals surface area (Å²) in [5.41, 5.74) is 4.80. The molecular formula is C13H12FN3O3S. The fourth-order valence-electron chi connectivity index (χ4n) is 1.66. The molecule has 1 aromatic heterocycles. The van der Waals surface area contributed by atoms with Crippen LogP contribution in [0, 0.1) is 5.82 Å². The Bertz CT molecular complexity index is 687. The third kappa shape index (κ3) is 3.41. The Kier molecular flexibility index (Phi) is 4.61. The Hall–Kier alpha value is -2.32. The number of aromatic carboxylic acids is 1. The lowest BCUT2D eigenvalue weighted by molar-refractivity contribution is 0.0697. The summed E-state index contributed by atoms with van der Waals surface area (Å²) in [4.78, 5) is 27.1. The first kappa shape index (κ1) is 15.1. The average molecular weight is 309 g/mol. The summed E-state index contributed by atoms with van der Waals surface area (Å²) in [5, 5.41) is 13.5. The van der Waals surface area contributed by atoms with Gasteiger partial charge in [-0.3, -0.25) is 4.79 Å². The van der Waals surface area contributed by atoms with Crippen LogP contribution in [0.4, 0.5) is 10.1 Å². The van der Waals surface area contributed by atoms with E-state index in [1.807, 2.05) is 0 Å². The molecule has 1 heterocycles. The minimum atomic E-state index is -1.33. The molecule has 0 saturated heterocycles. The summed E-state index contributed by atoms with van der Waals surface area (Å²) in [6.07, 6.45) is 0.540. The van der Waals surface area contributed by atoms with Gasteiger partial charge in [0.2, 0.25) is 0 Å². The molecule has 0 aliphatic carbocycles. The van der Waals surface area contributed by atoms with Crippen LogP contribution in [0.3, 0.4) is 0 Å². The van der Waals surface area contributed by atoms with Gasteiger partial charge in [-0.1, -0.05) is 6.07 Å². The molecule has 0 aliphatic heterocycles. The summed E-state index contributed by atoms with van der Waals surface area (Å²) in [6, 6.07) is 3.54. The molecule has 0 bridgehead atoms. The van der Waals surface area contributed by atoms with E-state index in [-0.39, 0.29) is 16.9 Å². The molecule has 0 fully saturated rings. The van der Waals surface area contributed by atoms with Crippen molar-refractivity contribution >= 4 is 28.9 Å². The lowest BCUT2D eigenvalue weighted by atomic mass is 10.1. The minimum Gasteiger partial charge on any atom is -0.478 e. The number of carbonyl (C=O) groups excluding carboxylic acids is 1.